The maximum Gasteiger partial charge on any atom is 0.233 e. The lowest BCUT2D eigenvalue weighted by atomic mass is 10.3. The molecule has 16 heavy (non-hydrogen) atoms. The van der Waals surface area contributed by atoms with Crippen LogP contribution in [0.1, 0.15) is 19.8 Å². The SMILES string of the molecule is CCCCNC(=O)CNC1C=CS(=O)(=O)C1. The summed E-state index contributed by atoms with van der Waals surface area (Å²) in [6.45, 7) is 2.89. The highest BCUT2D eigenvalue weighted by Crippen LogP contribution is 2.07. The molecule has 1 atom stereocenters. The maximum absolute atomic E-state index is 11.3. The summed E-state index contributed by atoms with van der Waals surface area (Å²) < 4.78 is 22.1. The van der Waals surface area contributed by atoms with E-state index < -0.39 is 9.84 Å². The normalized spacial score (nSPS) is 22.2. The van der Waals surface area contributed by atoms with Crippen molar-refractivity contribution in [1.82, 2.24) is 10.6 Å². The minimum absolute atomic E-state index is 0.0508. The number of unbranched alkanes of at least 4 members (excludes halogenated alkanes) is 1. The minimum Gasteiger partial charge on any atom is -0.355 e. The van der Waals surface area contributed by atoms with E-state index in [0.717, 1.165) is 12.8 Å². The molecule has 1 amide bonds. The Kier molecular flexibility index (Phi) is 4.95. The molecule has 0 bridgehead atoms. The smallest absolute Gasteiger partial charge is 0.233 e. The summed E-state index contributed by atoms with van der Waals surface area (Å²) in [5, 5.41) is 6.83. The summed E-state index contributed by atoms with van der Waals surface area (Å²) in [6.07, 6.45) is 3.58. The zero-order valence-electron chi connectivity index (χ0n) is 9.40. The molecule has 0 aromatic rings. The van der Waals surface area contributed by atoms with Gasteiger partial charge in [-0.1, -0.05) is 19.4 Å². The molecule has 5 nitrogen and oxygen atoms in total. The number of hydrogen-bond acceptors (Lipinski definition) is 4. The van der Waals surface area contributed by atoms with Gasteiger partial charge in [0.25, 0.3) is 0 Å². The molecule has 0 saturated carbocycles. The summed E-state index contributed by atoms with van der Waals surface area (Å²) in [5.74, 6) is -0.0407. The molecule has 1 rings (SSSR count). The molecule has 0 radical (unpaired) electrons. The first kappa shape index (κ1) is 13.2. The van der Waals surface area contributed by atoms with E-state index in [1.807, 2.05) is 0 Å². The van der Waals surface area contributed by atoms with E-state index in [4.69, 9.17) is 0 Å². The van der Waals surface area contributed by atoms with Gasteiger partial charge in [0, 0.05) is 18.0 Å². The van der Waals surface area contributed by atoms with E-state index in [2.05, 4.69) is 17.6 Å². The third-order valence-corrected chi connectivity index (χ3v) is 3.70. The fraction of sp³-hybridized carbons (Fsp3) is 0.700. The third-order valence-electron chi connectivity index (χ3n) is 2.31. The number of amides is 1. The van der Waals surface area contributed by atoms with Crippen molar-refractivity contribution in [1.29, 1.82) is 0 Å². The van der Waals surface area contributed by atoms with Gasteiger partial charge < -0.3 is 10.6 Å². The van der Waals surface area contributed by atoms with E-state index in [0.29, 0.717) is 6.54 Å². The average molecular weight is 246 g/mol. The molecular weight excluding hydrogens is 228 g/mol. The van der Waals surface area contributed by atoms with Gasteiger partial charge in [-0.25, -0.2) is 8.42 Å². The zero-order valence-corrected chi connectivity index (χ0v) is 10.2. The topological polar surface area (TPSA) is 75.3 Å². The van der Waals surface area contributed by atoms with Crippen LogP contribution >= 0.6 is 0 Å². The van der Waals surface area contributed by atoms with Crippen LogP contribution in [0.15, 0.2) is 11.5 Å². The largest absolute Gasteiger partial charge is 0.355 e. The first-order valence-corrected chi connectivity index (χ1v) is 7.16. The Balaban J connectivity index is 2.16. The monoisotopic (exact) mass is 246 g/mol. The van der Waals surface area contributed by atoms with Crippen LogP contribution in [-0.2, 0) is 14.6 Å². The van der Waals surface area contributed by atoms with Gasteiger partial charge in [0.05, 0.1) is 12.3 Å². The highest BCUT2D eigenvalue weighted by molar-refractivity contribution is 7.94. The van der Waals surface area contributed by atoms with Crippen molar-refractivity contribution in [3.8, 4) is 0 Å². The van der Waals surface area contributed by atoms with Gasteiger partial charge in [0.15, 0.2) is 9.84 Å². The van der Waals surface area contributed by atoms with Gasteiger partial charge in [-0.3, -0.25) is 4.79 Å². The summed E-state index contributed by atoms with van der Waals surface area (Å²) in [4.78, 5) is 11.3. The van der Waals surface area contributed by atoms with Gasteiger partial charge in [0.2, 0.25) is 5.91 Å². The molecule has 0 fully saturated rings. The number of carbonyl (C=O) groups excluding carboxylic acids is 1. The number of hydrogen-bond donors (Lipinski definition) is 2. The van der Waals surface area contributed by atoms with E-state index in [9.17, 15) is 13.2 Å². The summed E-state index contributed by atoms with van der Waals surface area (Å²) in [7, 11) is -3.04. The first-order chi connectivity index (χ1) is 7.53. The van der Waals surface area contributed by atoms with E-state index >= 15 is 0 Å². The van der Waals surface area contributed by atoms with Gasteiger partial charge in [-0.15, -0.1) is 0 Å². The number of sulfone groups is 1. The first-order valence-electron chi connectivity index (χ1n) is 5.44. The van der Waals surface area contributed by atoms with Crippen LogP contribution in [0.5, 0.6) is 0 Å². The van der Waals surface area contributed by atoms with Crippen LogP contribution in [0.2, 0.25) is 0 Å². The Bertz CT molecular complexity index is 362. The fourth-order valence-electron chi connectivity index (χ4n) is 1.39. The summed E-state index contributed by atoms with van der Waals surface area (Å²) in [6, 6.07) is -0.234. The molecular formula is C10H18N2O3S. The van der Waals surface area contributed by atoms with Crippen molar-refractivity contribution in [3.63, 3.8) is 0 Å². The van der Waals surface area contributed by atoms with Crippen LogP contribution in [-0.4, -0.2) is 39.2 Å². The predicted molar refractivity (Wildman–Crippen MR) is 62.6 cm³/mol. The van der Waals surface area contributed by atoms with Gasteiger partial charge >= 0.3 is 0 Å². The van der Waals surface area contributed by atoms with Gasteiger partial charge in [-0.2, -0.15) is 0 Å². The van der Waals surface area contributed by atoms with Crippen LogP contribution in [0.3, 0.4) is 0 Å². The lowest BCUT2D eigenvalue weighted by Gasteiger charge is -2.09. The summed E-state index contributed by atoms with van der Waals surface area (Å²) in [5.41, 5.74) is 0. The number of carbonyl (C=O) groups is 1. The highest BCUT2D eigenvalue weighted by Gasteiger charge is 2.21. The quantitative estimate of drug-likeness (QED) is 0.637. The van der Waals surface area contributed by atoms with Crippen molar-refractivity contribution in [2.75, 3.05) is 18.8 Å². The Labute approximate surface area is 96.2 Å². The minimum atomic E-state index is -3.04. The van der Waals surface area contributed by atoms with Crippen molar-refractivity contribution < 1.29 is 13.2 Å². The van der Waals surface area contributed by atoms with E-state index in [-0.39, 0.29) is 24.2 Å². The maximum atomic E-state index is 11.3. The molecule has 0 spiro atoms. The second-order valence-electron chi connectivity index (χ2n) is 3.85. The van der Waals surface area contributed by atoms with E-state index in [1.165, 1.54) is 5.41 Å². The fourth-order valence-corrected chi connectivity index (χ4v) is 2.66. The molecule has 1 aliphatic heterocycles. The van der Waals surface area contributed by atoms with Crippen molar-refractivity contribution in [2.24, 2.45) is 0 Å². The van der Waals surface area contributed by atoms with Crippen molar-refractivity contribution in [3.05, 3.63) is 11.5 Å². The second-order valence-corrected chi connectivity index (χ2v) is 5.78. The predicted octanol–water partition coefficient (Wildman–Crippen LogP) is -0.197. The Morgan fingerprint density at radius 3 is 2.81 bits per heavy atom. The molecule has 0 saturated heterocycles. The van der Waals surface area contributed by atoms with Crippen LogP contribution in [0.25, 0.3) is 0 Å². The third kappa shape index (κ3) is 4.76. The Morgan fingerprint density at radius 1 is 1.50 bits per heavy atom. The highest BCUT2D eigenvalue weighted by atomic mass is 32.2. The zero-order chi connectivity index (χ0) is 12.0. The van der Waals surface area contributed by atoms with Crippen molar-refractivity contribution >= 4 is 15.7 Å². The Hall–Kier alpha value is -0.880. The lowest BCUT2D eigenvalue weighted by Crippen LogP contribution is -2.39. The molecule has 1 aliphatic rings. The van der Waals surface area contributed by atoms with Gasteiger partial charge in [0.1, 0.15) is 0 Å². The standard InChI is InChI=1S/C10H18N2O3S/c1-2-3-5-11-10(13)7-12-9-4-6-16(14,15)8-9/h4,6,9,12H,2-3,5,7-8H2,1H3,(H,11,13). The van der Waals surface area contributed by atoms with E-state index in [1.54, 1.807) is 6.08 Å². The van der Waals surface area contributed by atoms with Gasteiger partial charge in [-0.05, 0) is 6.42 Å². The van der Waals surface area contributed by atoms with Crippen LogP contribution in [0, 0.1) is 0 Å². The molecule has 92 valence electrons. The number of nitrogens with one attached hydrogen (secondary N) is 2. The molecule has 2 N–H and O–H groups in total. The lowest BCUT2D eigenvalue weighted by molar-refractivity contribution is -0.120. The molecule has 0 aliphatic carbocycles. The van der Waals surface area contributed by atoms with Crippen LogP contribution in [0.4, 0.5) is 0 Å². The van der Waals surface area contributed by atoms with Crippen molar-refractivity contribution in [2.45, 2.75) is 25.8 Å². The molecule has 6 heteroatoms. The molecule has 0 aromatic carbocycles. The second kappa shape index (κ2) is 6.00. The average Bonchev–Trinajstić information content (AvgIpc) is 2.56. The molecule has 0 aromatic heterocycles. The molecule has 1 unspecified atom stereocenters. The molecule has 1 heterocycles. The number of rotatable bonds is 6. The van der Waals surface area contributed by atoms with Crippen LogP contribution < -0.4 is 10.6 Å². The Morgan fingerprint density at radius 2 is 2.25 bits per heavy atom. The summed E-state index contributed by atoms with van der Waals surface area (Å²) >= 11 is 0.